The Morgan fingerprint density at radius 1 is 1.18 bits per heavy atom. The lowest BCUT2D eigenvalue weighted by molar-refractivity contribution is -0.147. The summed E-state index contributed by atoms with van der Waals surface area (Å²) in [6.07, 6.45) is -1.97. The molecule has 1 aliphatic rings. The van der Waals surface area contributed by atoms with Crippen molar-refractivity contribution in [3.8, 4) is 0 Å². The van der Waals surface area contributed by atoms with Gasteiger partial charge in [-0.1, -0.05) is 0 Å². The number of hydrogen-bond acceptors (Lipinski definition) is 6. The van der Waals surface area contributed by atoms with Crippen LogP contribution in [0.4, 0.5) is 24.5 Å². The smallest absolute Gasteiger partial charge is 0.381 e. The number of nitrogens with zero attached hydrogens (tertiary/aromatic N) is 4. The molecule has 0 aliphatic carbocycles. The topological polar surface area (TPSA) is 93.9 Å². The highest BCUT2D eigenvalue weighted by Gasteiger charge is 2.38. The zero-order chi connectivity index (χ0) is 24.5. The molecule has 0 atom stereocenters. The van der Waals surface area contributed by atoms with Gasteiger partial charge in [0, 0.05) is 26.8 Å². The number of imidazole rings is 1. The standard InChI is InChI=1S/C22H21F3N4O4S/c1-28(34(31,32)18-5-2-16(3-6-18)26-14-30)17-4-7-20-19(12-17)27-21(22(23,24)25)29(20)13-15-8-10-33-11-9-15/h2-7,12,15H,8-11,13H2,1H3. The van der Waals surface area contributed by atoms with E-state index in [4.69, 9.17) is 4.74 Å². The lowest BCUT2D eigenvalue weighted by atomic mass is 10.0. The third-order valence-corrected chi connectivity index (χ3v) is 7.60. The van der Waals surface area contributed by atoms with Gasteiger partial charge in [0.2, 0.25) is 11.9 Å². The highest BCUT2D eigenvalue weighted by molar-refractivity contribution is 7.92. The monoisotopic (exact) mass is 494 g/mol. The lowest BCUT2D eigenvalue weighted by Crippen LogP contribution is -2.26. The molecule has 0 amide bonds. The molecular formula is C22H21F3N4O4S. The summed E-state index contributed by atoms with van der Waals surface area (Å²) in [5.41, 5.74) is 0.735. The van der Waals surface area contributed by atoms with Crippen molar-refractivity contribution in [1.29, 1.82) is 0 Å². The molecule has 3 aromatic rings. The SMILES string of the molecule is CN(c1ccc2c(c1)nc(C(F)(F)F)n2CC1CCOCC1)S(=O)(=O)c1ccc(N=C=O)cc1. The van der Waals surface area contributed by atoms with E-state index in [2.05, 4.69) is 9.98 Å². The molecule has 0 saturated carbocycles. The Labute approximate surface area is 193 Å². The molecule has 4 rings (SSSR count). The van der Waals surface area contributed by atoms with E-state index in [0.29, 0.717) is 26.1 Å². The highest BCUT2D eigenvalue weighted by atomic mass is 32.2. The molecule has 1 saturated heterocycles. The number of sulfonamides is 1. The van der Waals surface area contributed by atoms with Gasteiger partial charge in [-0.3, -0.25) is 4.31 Å². The van der Waals surface area contributed by atoms with Crippen LogP contribution < -0.4 is 4.31 Å². The van der Waals surface area contributed by atoms with Crippen molar-refractivity contribution in [2.75, 3.05) is 24.6 Å². The van der Waals surface area contributed by atoms with Gasteiger partial charge in [-0.15, -0.1) is 0 Å². The van der Waals surface area contributed by atoms with Crippen molar-refractivity contribution in [2.24, 2.45) is 10.9 Å². The van der Waals surface area contributed by atoms with Gasteiger partial charge in [-0.25, -0.2) is 18.2 Å². The molecule has 180 valence electrons. The minimum Gasteiger partial charge on any atom is -0.381 e. The number of aromatic nitrogens is 2. The normalized spacial score (nSPS) is 15.3. The summed E-state index contributed by atoms with van der Waals surface area (Å²) in [7, 11) is -2.72. The minimum atomic E-state index is -4.66. The van der Waals surface area contributed by atoms with Crippen LogP contribution in [0, 0.1) is 5.92 Å². The van der Waals surface area contributed by atoms with Crippen molar-refractivity contribution in [2.45, 2.75) is 30.5 Å². The molecule has 1 aromatic heterocycles. The molecule has 0 spiro atoms. The Kier molecular flexibility index (Phi) is 6.48. The number of hydrogen-bond donors (Lipinski definition) is 0. The fourth-order valence-electron chi connectivity index (χ4n) is 3.94. The van der Waals surface area contributed by atoms with E-state index >= 15 is 0 Å². The summed E-state index contributed by atoms with van der Waals surface area (Å²) in [4.78, 5) is 17.5. The van der Waals surface area contributed by atoms with E-state index in [1.165, 1.54) is 55.6 Å². The van der Waals surface area contributed by atoms with Crippen LogP contribution in [0.5, 0.6) is 0 Å². The molecular weight excluding hydrogens is 473 g/mol. The van der Waals surface area contributed by atoms with Crippen LogP contribution in [0.15, 0.2) is 52.4 Å². The maximum absolute atomic E-state index is 13.8. The number of isocyanates is 1. The summed E-state index contributed by atoms with van der Waals surface area (Å²) in [5, 5.41) is 0. The maximum Gasteiger partial charge on any atom is 0.449 e. The molecule has 8 nitrogen and oxygen atoms in total. The molecule has 2 aromatic carbocycles. The van der Waals surface area contributed by atoms with Gasteiger partial charge in [0.05, 0.1) is 27.3 Å². The second-order valence-corrected chi connectivity index (χ2v) is 9.91. The Morgan fingerprint density at radius 3 is 2.47 bits per heavy atom. The zero-order valence-corrected chi connectivity index (χ0v) is 18.9. The third-order valence-electron chi connectivity index (χ3n) is 5.80. The van der Waals surface area contributed by atoms with Crippen LogP contribution in [-0.4, -0.2) is 44.3 Å². The summed E-state index contributed by atoms with van der Waals surface area (Å²) in [6.45, 7) is 1.17. The molecule has 0 bridgehead atoms. The number of anilines is 1. The van der Waals surface area contributed by atoms with Gasteiger partial charge in [-0.05, 0) is 61.2 Å². The second kappa shape index (κ2) is 9.21. The van der Waals surface area contributed by atoms with Crippen LogP contribution in [-0.2, 0) is 32.3 Å². The second-order valence-electron chi connectivity index (χ2n) is 7.94. The van der Waals surface area contributed by atoms with E-state index in [0.717, 1.165) is 8.87 Å². The molecule has 2 heterocycles. The number of alkyl halides is 3. The number of ether oxygens (including phenoxy) is 1. The van der Waals surface area contributed by atoms with Gasteiger partial charge in [-0.2, -0.15) is 18.2 Å². The zero-order valence-electron chi connectivity index (χ0n) is 18.1. The van der Waals surface area contributed by atoms with E-state index in [1.807, 2.05) is 0 Å². The molecule has 0 radical (unpaired) electrons. The van der Waals surface area contributed by atoms with Crippen LogP contribution >= 0.6 is 0 Å². The van der Waals surface area contributed by atoms with Crippen molar-refractivity contribution in [3.05, 3.63) is 48.3 Å². The number of rotatable bonds is 6. The Bertz CT molecular complexity index is 1340. The number of benzene rings is 2. The first-order chi connectivity index (χ1) is 16.1. The molecule has 0 N–H and O–H groups in total. The van der Waals surface area contributed by atoms with Crippen LogP contribution in [0.1, 0.15) is 18.7 Å². The Hall–Kier alpha value is -3.21. The average molecular weight is 494 g/mol. The van der Waals surface area contributed by atoms with Crippen molar-refractivity contribution < 1.29 is 31.1 Å². The number of aliphatic imine (C=N–C) groups is 1. The van der Waals surface area contributed by atoms with Gasteiger partial charge in [0.1, 0.15) is 0 Å². The molecule has 0 unspecified atom stereocenters. The fourth-order valence-corrected chi connectivity index (χ4v) is 5.13. The van der Waals surface area contributed by atoms with E-state index in [-0.39, 0.29) is 39.8 Å². The minimum absolute atomic E-state index is 0.0292. The first kappa shape index (κ1) is 23.9. The van der Waals surface area contributed by atoms with Crippen LogP contribution in [0.25, 0.3) is 11.0 Å². The van der Waals surface area contributed by atoms with E-state index < -0.39 is 22.0 Å². The van der Waals surface area contributed by atoms with Crippen LogP contribution in [0.3, 0.4) is 0 Å². The highest BCUT2D eigenvalue weighted by Crippen LogP contribution is 2.35. The van der Waals surface area contributed by atoms with Gasteiger partial charge in [0.25, 0.3) is 10.0 Å². The van der Waals surface area contributed by atoms with Crippen molar-refractivity contribution in [1.82, 2.24) is 9.55 Å². The summed E-state index contributed by atoms with van der Waals surface area (Å²) < 4.78 is 74.8. The first-order valence-corrected chi connectivity index (χ1v) is 11.9. The molecule has 1 fully saturated rings. The van der Waals surface area contributed by atoms with Gasteiger partial charge >= 0.3 is 6.18 Å². The first-order valence-electron chi connectivity index (χ1n) is 10.4. The third kappa shape index (κ3) is 4.70. The molecule has 34 heavy (non-hydrogen) atoms. The summed E-state index contributed by atoms with van der Waals surface area (Å²) >= 11 is 0. The number of carbonyl (C=O) groups excluding carboxylic acids is 1. The van der Waals surface area contributed by atoms with Crippen molar-refractivity contribution >= 4 is 38.5 Å². The molecule has 1 aliphatic heterocycles. The van der Waals surface area contributed by atoms with Crippen LogP contribution in [0.2, 0.25) is 0 Å². The Morgan fingerprint density at radius 2 is 1.85 bits per heavy atom. The number of halogens is 3. The Balaban J connectivity index is 1.70. The quantitative estimate of drug-likeness (QED) is 0.377. The van der Waals surface area contributed by atoms with Gasteiger partial charge < -0.3 is 9.30 Å². The molecule has 12 heteroatoms. The van der Waals surface area contributed by atoms with E-state index in [9.17, 15) is 26.4 Å². The fraction of sp³-hybridized carbons (Fsp3) is 0.364. The summed E-state index contributed by atoms with van der Waals surface area (Å²) in [5.74, 6) is -0.982. The van der Waals surface area contributed by atoms with Crippen molar-refractivity contribution in [3.63, 3.8) is 0 Å². The van der Waals surface area contributed by atoms with Gasteiger partial charge in [0.15, 0.2) is 0 Å². The predicted molar refractivity (Wildman–Crippen MR) is 118 cm³/mol. The largest absolute Gasteiger partial charge is 0.449 e. The lowest BCUT2D eigenvalue weighted by Gasteiger charge is -2.24. The maximum atomic E-state index is 13.8. The average Bonchev–Trinajstić information content (AvgIpc) is 3.18. The summed E-state index contributed by atoms with van der Waals surface area (Å²) in [6, 6.07) is 9.50. The predicted octanol–water partition coefficient (Wildman–Crippen LogP) is 4.27. The van der Waals surface area contributed by atoms with E-state index in [1.54, 1.807) is 0 Å². The number of fused-ring (bicyclic) bond motifs is 1.